The fourth-order valence-corrected chi connectivity index (χ4v) is 4.31. The van der Waals surface area contributed by atoms with Crippen LogP contribution < -0.4 is 19.9 Å². The van der Waals surface area contributed by atoms with Gasteiger partial charge in [0.05, 0.1) is 19.4 Å². The van der Waals surface area contributed by atoms with Crippen LogP contribution in [0.5, 0.6) is 11.5 Å². The molecule has 1 unspecified atom stereocenters. The smallest absolute Gasteiger partial charge is 0.252 e. The second-order valence-corrected chi connectivity index (χ2v) is 7.83. The van der Waals surface area contributed by atoms with Crippen molar-refractivity contribution in [1.82, 2.24) is 14.9 Å². The molecule has 2 aliphatic rings. The van der Waals surface area contributed by atoms with Crippen molar-refractivity contribution in [3.8, 4) is 11.5 Å². The molecule has 1 N–H and O–H groups in total. The van der Waals surface area contributed by atoms with E-state index in [2.05, 4.69) is 26.9 Å². The van der Waals surface area contributed by atoms with E-state index in [-0.39, 0.29) is 5.56 Å². The first-order valence-electron chi connectivity index (χ1n) is 10.5. The van der Waals surface area contributed by atoms with Gasteiger partial charge < -0.3 is 14.4 Å². The zero-order valence-electron chi connectivity index (χ0n) is 17.3. The molecule has 0 spiro atoms. The van der Waals surface area contributed by atoms with E-state index in [1.54, 1.807) is 13.2 Å². The number of ether oxygens (including phenoxy) is 2. The van der Waals surface area contributed by atoms with Crippen molar-refractivity contribution in [3.63, 3.8) is 0 Å². The van der Waals surface area contributed by atoms with Gasteiger partial charge >= 0.3 is 0 Å². The number of rotatable bonds is 7. The average molecular weight is 399 g/mol. The second-order valence-electron chi connectivity index (χ2n) is 7.83. The number of nitrogens with one attached hydrogen (secondary N) is 1. The van der Waals surface area contributed by atoms with E-state index in [0.29, 0.717) is 12.5 Å². The summed E-state index contributed by atoms with van der Waals surface area (Å²) in [6.45, 7) is 7.29. The Bertz CT molecular complexity index is 892. The van der Waals surface area contributed by atoms with Gasteiger partial charge in [-0.05, 0) is 50.4 Å². The molecule has 1 atom stereocenters. The summed E-state index contributed by atoms with van der Waals surface area (Å²) in [5, 5.41) is 0. The van der Waals surface area contributed by atoms with Crippen LogP contribution in [0.3, 0.4) is 0 Å². The number of methoxy groups -OCH3 is 1. The van der Waals surface area contributed by atoms with Crippen LogP contribution in [-0.2, 0) is 6.54 Å². The lowest BCUT2D eigenvalue weighted by Gasteiger charge is -2.19. The molecule has 0 aliphatic carbocycles. The third kappa shape index (κ3) is 4.56. The van der Waals surface area contributed by atoms with Crippen LogP contribution in [0.15, 0.2) is 29.1 Å². The fourth-order valence-electron chi connectivity index (χ4n) is 4.31. The van der Waals surface area contributed by atoms with Crippen LogP contribution in [-0.4, -0.2) is 54.8 Å². The molecule has 0 amide bonds. The summed E-state index contributed by atoms with van der Waals surface area (Å²) in [5.41, 5.74) is 2.07. The van der Waals surface area contributed by atoms with Gasteiger partial charge in [-0.15, -0.1) is 0 Å². The zero-order valence-corrected chi connectivity index (χ0v) is 17.3. The van der Waals surface area contributed by atoms with Crippen molar-refractivity contribution >= 4 is 5.95 Å². The van der Waals surface area contributed by atoms with E-state index < -0.39 is 0 Å². The van der Waals surface area contributed by atoms with E-state index in [1.807, 2.05) is 13.0 Å². The van der Waals surface area contributed by atoms with Gasteiger partial charge in [0.25, 0.3) is 5.56 Å². The first-order valence-corrected chi connectivity index (χ1v) is 10.5. The Morgan fingerprint density at radius 1 is 1.17 bits per heavy atom. The van der Waals surface area contributed by atoms with Crippen LogP contribution in [0.2, 0.25) is 0 Å². The number of benzene rings is 1. The van der Waals surface area contributed by atoms with Gasteiger partial charge in [-0.3, -0.25) is 14.7 Å². The molecule has 29 heavy (non-hydrogen) atoms. The molecule has 3 heterocycles. The highest BCUT2D eigenvalue weighted by molar-refractivity contribution is 5.43. The van der Waals surface area contributed by atoms with Crippen LogP contribution in [0.1, 0.15) is 43.4 Å². The summed E-state index contributed by atoms with van der Waals surface area (Å²) in [6, 6.07) is 7.79. The first kappa shape index (κ1) is 19.8. The number of hydrogen-bond acceptors (Lipinski definition) is 6. The second kappa shape index (κ2) is 8.86. The SMILES string of the molecule is CCOc1cc(CN2CCC(c3cc(=O)[nH]c(N4CCCC4)n3)C2)ccc1OC. The monoisotopic (exact) mass is 398 g/mol. The van der Waals surface area contributed by atoms with Gasteiger partial charge in [-0.1, -0.05) is 6.07 Å². The molecular weight excluding hydrogens is 368 g/mol. The molecule has 0 saturated carbocycles. The van der Waals surface area contributed by atoms with E-state index in [9.17, 15) is 4.79 Å². The van der Waals surface area contributed by atoms with Crippen LogP contribution >= 0.6 is 0 Å². The van der Waals surface area contributed by atoms with Gasteiger partial charge in [0.2, 0.25) is 5.95 Å². The standard InChI is InChI=1S/C22H30N4O3/c1-3-29-20-12-16(6-7-19(20)28-2)14-25-11-8-17(15-25)18-13-21(27)24-22(23-18)26-9-4-5-10-26/h6-7,12-13,17H,3-5,8-11,14-15H2,1-2H3,(H,23,24,27). The number of hydrogen-bond donors (Lipinski definition) is 1. The number of H-pyrrole nitrogens is 1. The van der Waals surface area contributed by atoms with Crippen LogP contribution in [0, 0.1) is 0 Å². The predicted molar refractivity (Wildman–Crippen MR) is 113 cm³/mol. The zero-order chi connectivity index (χ0) is 20.2. The Balaban J connectivity index is 1.44. The van der Waals surface area contributed by atoms with E-state index in [0.717, 1.165) is 75.1 Å². The highest BCUT2D eigenvalue weighted by Gasteiger charge is 2.26. The lowest BCUT2D eigenvalue weighted by molar-refractivity contribution is 0.305. The minimum absolute atomic E-state index is 0.0492. The van der Waals surface area contributed by atoms with Crippen molar-refractivity contribution in [2.45, 2.75) is 38.6 Å². The van der Waals surface area contributed by atoms with Gasteiger partial charge in [0.1, 0.15) is 0 Å². The Labute approximate surface area is 171 Å². The molecular formula is C22H30N4O3. The summed E-state index contributed by atoms with van der Waals surface area (Å²) in [6.07, 6.45) is 3.35. The molecule has 2 aromatic rings. The molecule has 1 aromatic carbocycles. The third-order valence-corrected chi connectivity index (χ3v) is 5.78. The quantitative estimate of drug-likeness (QED) is 0.773. The minimum Gasteiger partial charge on any atom is -0.493 e. The summed E-state index contributed by atoms with van der Waals surface area (Å²) < 4.78 is 11.1. The molecule has 156 valence electrons. The minimum atomic E-state index is -0.0492. The summed E-state index contributed by atoms with van der Waals surface area (Å²) in [4.78, 5) is 24.5. The first-order chi connectivity index (χ1) is 14.2. The normalized spacial score (nSPS) is 19.7. The van der Waals surface area contributed by atoms with Crippen molar-refractivity contribution in [1.29, 1.82) is 0 Å². The van der Waals surface area contributed by atoms with E-state index in [4.69, 9.17) is 14.5 Å². The predicted octanol–water partition coefficient (Wildman–Crippen LogP) is 2.77. The number of anilines is 1. The van der Waals surface area contributed by atoms with Gasteiger partial charge in [0, 0.05) is 38.2 Å². The maximum atomic E-state index is 12.2. The summed E-state index contributed by atoms with van der Waals surface area (Å²) in [5.74, 6) is 2.58. The van der Waals surface area contributed by atoms with Gasteiger partial charge in [0.15, 0.2) is 11.5 Å². The highest BCUT2D eigenvalue weighted by atomic mass is 16.5. The lowest BCUT2D eigenvalue weighted by atomic mass is 10.0. The molecule has 1 aromatic heterocycles. The van der Waals surface area contributed by atoms with Crippen molar-refractivity contribution in [2.75, 3.05) is 44.8 Å². The van der Waals surface area contributed by atoms with E-state index >= 15 is 0 Å². The molecule has 7 heteroatoms. The molecule has 0 radical (unpaired) electrons. The molecule has 0 bridgehead atoms. The largest absolute Gasteiger partial charge is 0.493 e. The van der Waals surface area contributed by atoms with Crippen LogP contribution in [0.25, 0.3) is 0 Å². The molecule has 2 fully saturated rings. The van der Waals surface area contributed by atoms with Crippen molar-refractivity contribution < 1.29 is 9.47 Å². The highest BCUT2D eigenvalue weighted by Crippen LogP contribution is 2.31. The van der Waals surface area contributed by atoms with Crippen LogP contribution in [0.4, 0.5) is 5.95 Å². The average Bonchev–Trinajstić information content (AvgIpc) is 3.40. The summed E-state index contributed by atoms with van der Waals surface area (Å²) in [7, 11) is 1.66. The molecule has 4 rings (SSSR count). The van der Waals surface area contributed by atoms with Crippen molar-refractivity contribution in [2.24, 2.45) is 0 Å². The maximum Gasteiger partial charge on any atom is 0.252 e. The Hall–Kier alpha value is -2.54. The number of aromatic nitrogens is 2. The Kier molecular flexibility index (Phi) is 6.04. The lowest BCUT2D eigenvalue weighted by Crippen LogP contribution is -2.25. The molecule has 7 nitrogen and oxygen atoms in total. The van der Waals surface area contributed by atoms with E-state index in [1.165, 1.54) is 5.56 Å². The van der Waals surface area contributed by atoms with Crippen molar-refractivity contribution in [3.05, 3.63) is 45.9 Å². The number of likely N-dealkylation sites (tertiary alicyclic amines) is 1. The maximum absolute atomic E-state index is 12.2. The fraction of sp³-hybridized carbons (Fsp3) is 0.545. The topological polar surface area (TPSA) is 70.7 Å². The van der Waals surface area contributed by atoms with Gasteiger partial charge in [-0.2, -0.15) is 0 Å². The number of nitrogens with zero attached hydrogens (tertiary/aromatic N) is 3. The molecule has 2 aliphatic heterocycles. The Morgan fingerprint density at radius 3 is 2.76 bits per heavy atom. The summed E-state index contributed by atoms with van der Waals surface area (Å²) >= 11 is 0. The third-order valence-electron chi connectivity index (χ3n) is 5.78. The Morgan fingerprint density at radius 2 is 2.00 bits per heavy atom. The molecule has 2 saturated heterocycles. The van der Waals surface area contributed by atoms with Gasteiger partial charge in [-0.25, -0.2) is 4.98 Å². The number of aromatic amines is 1.